The van der Waals surface area contributed by atoms with Crippen molar-refractivity contribution in [1.82, 2.24) is 0 Å². The molecule has 0 aromatic heterocycles. The molecule has 2 heterocycles. The number of ether oxygens (including phenoxy) is 5. The molecular weight excluding hydrogens is 328 g/mol. The van der Waals surface area contributed by atoms with Gasteiger partial charge in [0.25, 0.3) is 6.29 Å². The summed E-state index contributed by atoms with van der Waals surface area (Å²) in [4.78, 5) is 24.0. The highest BCUT2D eigenvalue weighted by atomic mass is 16.8. The zero-order valence-corrected chi connectivity index (χ0v) is 13.8. The highest BCUT2D eigenvalue weighted by molar-refractivity contribution is 5.89. The minimum atomic E-state index is -0.882. The van der Waals surface area contributed by atoms with Crippen molar-refractivity contribution in [2.24, 2.45) is 11.8 Å². The van der Waals surface area contributed by atoms with Crippen LogP contribution in [0.15, 0.2) is 42.2 Å². The number of hydrogen-bond acceptors (Lipinski definition) is 7. The van der Waals surface area contributed by atoms with Gasteiger partial charge < -0.3 is 23.7 Å². The summed E-state index contributed by atoms with van der Waals surface area (Å²) in [6.45, 7) is 1.94. The van der Waals surface area contributed by atoms with Crippen molar-refractivity contribution in [3.63, 3.8) is 0 Å². The van der Waals surface area contributed by atoms with Crippen LogP contribution in [0.4, 0.5) is 4.79 Å². The average molecular weight is 346 g/mol. The largest absolute Gasteiger partial charge is 0.516 e. The molecule has 25 heavy (non-hydrogen) atoms. The average Bonchev–Trinajstić information content (AvgIpc) is 3.16. The van der Waals surface area contributed by atoms with Crippen LogP contribution in [0.2, 0.25) is 0 Å². The topological polar surface area (TPSA) is 83.6 Å². The van der Waals surface area contributed by atoms with Crippen LogP contribution in [-0.2, 0) is 23.7 Å². The fraction of sp³-hybridized carbons (Fsp3) is 0.444. The van der Waals surface area contributed by atoms with Crippen molar-refractivity contribution in [2.45, 2.75) is 31.3 Å². The molecule has 1 aliphatic carbocycles. The predicted octanol–water partition coefficient (Wildman–Crippen LogP) is 2.41. The molecule has 4 rings (SSSR count). The molecule has 7 heteroatoms. The van der Waals surface area contributed by atoms with Gasteiger partial charge >= 0.3 is 12.1 Å². The van der Waals surface area contributed by atoms with Crippen LogP contribution in [0.3, 0.4) is 0 Å². The molecule has 3 aliphatic rings. The Balaban J connectivity index is 1.51. The third-order valence-electron chi connectivity index (χ3n) is 5.14. The zero-order chi connectivity index (χ0) is 17.6. The van der Waals surface area contributed by atoms with Crippen LogP contribution >= 0.6 is 0 Å². The Morgan fingerprint density at radius 2 is 2.00 bits per heavy atom. The van der Waals surface area contributed by atoms with Crippen LogP contribution in [0.1, 0.15) is 13.3 Å². The van der Waals surface area contributed by atoms with Gasteiger partial charge in [0, 0.05) is 5.92 Å². The monoisotopic (exact) mass is 346 g/mol. The van der Waals surface area contributed by atoms with Gasteiger partial charge in [-0.1, -0.05) is 18.2 Å². The fourth-order valence-corrected chi connectivity index (χ4v) is 3.84. The second kappa shape index (κ2) is 5.77. The van der Waals surface area contributed by atoms with E-state index in [0.29, 0.717) is 17.7 Å². The zero-order valence-electron chi connectivity index (χ0n) is 13.8. The summed E-state index contributed by atoms with van der Waals surface area (Å²) in [6.07, 6.45) is 0.263. The first kappa shape index (κ1) is 16.0. The van der Waals surface area contributed by atoms with E-state index in [-0.39, 0.29) is 17.9 Å². The lowest BCUT2D eigenvalue weighted by molar-refractivity contribution is -0.154. The number of methoxy groups -OCH3 is 1. The maximum Gasteiger partial charge on any atom is 0.516 e. The van der Waals surface area contributed by atoms with E-state index in [1.807, 2.05) is 13.0 Å². The van der Waals surface area contributed by atoms with Gasteiger partial charge in [0.1, 0.15) is 11.4 Å². The van der Waals surface area contributed by atoms with Crippen LogP contribution in [0.5, 0.6) is 5.75 Å². The second-order valence-corrected chi connectivity index (χ2v) is 6.51. The van der Waals surface area contributed by atoms with E-state index in [4.69, 9.17) is 23.7 Å². The van der Waals surface area contributed by atoms with Gasteiger partial charge in [-0.05, 0) is 25.5 Å². The van der Waals surface area contributed by atoms with Gasteiger partial charge in [0.05, 0.1) is 31.0 Å². The molecule has 0 unspecified atom stereocenters. The van der Waals surface area contributed by atoms with Crippen LogP contribution in [0, 0.1) is 11.8 Å². The lowest BCUT2D eigenvalue weighted by Gasteiger charge is -2.35. The first-order valence-electron chi connectivity index (χ1n) is 8.08. The first-order valence-corrected chi connectivity index (χ1v) is 8.08. The van der Waals surface area contributed by atoms with Crippen LogP contribution < -0.4 is 4.74 Å². The molecule has 0 bridgehead atoms. The fourth-order valence-electron chi connectivity index (χ4n) is 3.84. The van der Waals surface area contributed by atoms with E-state index in [1.165, 1.54) is 13.4 Å². The Morgan fingerprint density at radius 1 is 1.24 bits per heavy atom. The van der Waals surface area contributed by atoms with E-state index < -0.39 is 24.0 Å². The Labute approximate surface area is 144 Å². The van der Waals surface area contributed by atoms with Gasteiger partial charge in [-0.3, -0.25) is 0 Å². The molecule has 1 aromatic rings. The van der Waals surface area contributed by atoms with Crippen molar-refractivity contribution in [2.75, 3.05) is 7.11 Å². The summed E-state index contributed by atoms with van der Waals surface area (Å²) in [5.41, 5.74) is -0.0311. The van der Waals surface area contributed by atoms with E-state index >= 15 is 0 Å². The van der Waals surface area contributed by atoms with Crippen molar-refractivity contribution in [3.8, 4) is 5.75 Å². The number of para-hydroxylation sites is 1. The molecule has 7 nitrogen and oxygen atoms in total. The molecule has 0 radical (unpaired) electrons. The van der Waals surface area contributed by atoms with E-state index in [1.54, 1.807) is 24.3 Å². The van der Waals surface area contributed by atoms with Crippen molar-refractivity contribution in [3.05, 3.63) is 42.2 Å². The molecule has 0 N–H and O–H groups in total. The first-order chi connectivity index (χ1) is 12.0. The van der Waals surface area contributed by atoms with Crippen LogP contribution in [-0.4, -0.2) is 37.2 Å². The highest BCUT2D eigenvalue weighted by Gasteiger charge is 2.71. The van der Waals surface area contributed by atoms with Crippen molar-refractivity contribution in [1.29, 1.82) is 0 Å². The molecule has 1 saturated heterocycles. The number of hydrogen-bond donors (Lipinski definition) is 0. The van der Waals surface area contributed by atoms with Gasteiger partial charge in [-0.15, -0.1) is 0 Å². The summed E-state index contributed by atoms with van der Waals surface area (Å²) in [5.74, 6) is -0.492. The quantitative estimate of drug-likeness (QED) is 0.472. The standard InChI is InChI=1S/C18H18O7/c1-18-13(25-18)8-11-12(15(19)21-2)9-22-16(14(11)18)24-17(20)23-10-6-4-3-5-7-10/h3-7,9,11,13-14,16H,8H2,1-2H3/t11-,13+,14+,16+,18+/m1/s1. The minimum Gasteiger partial charge on any atom is -0.466 e. The number of rotatable bonds is 3. The molecular formula is C18H18O7. The highest BCUT2D eigenvalue weighted by Crippen LogP contribution is 2.61. The summed E-state index contributed by atoms with van der Waals surface area (Å²) in [5, 5.41) is 0. The molecule has 5 atom stereocenters. The molecule has 1 saturated carbocycles. The maximum atomic E-state index is 12.1. The van der Waals surface area contributed by atoms with Crippen LogP contribution in [0.25, 0.3) is 0 Å². The number of epoxide rings is 1. The molecule has 0 amide bonds. The Kier molecular flexibility index (Phi) is 3.68. The Morgan fingerprint density at radius 3 is 2.72 bits per heavy atom. The van der Waals surface area contributed by atoms with Gasteiger partial charge in [0.2, 0.25) is 0 Å². The third-order valence-corrected chi connectivity index (χ3v) is 5.14. The molecule has 0 spiro atoms. The number of esters is 1. The van der Waals surface area contributed by atoms with Gasteiger partial charge in [-0.2, -0.15) is 0 Å². The van der Waals surface area contributed by atoms with Gasteiger partial charge in [0.15, 0.2) is 0 Å². The molecule has 2 aliphatic heterocycles. The third kappa shape index (κ3) is 2.64. The maximum absolute atomic E-state index is 12.1. The SMILES string of the molecule is COC(=O)C1=CO[C@@H](OC(=O)Oc2ccccc2)[C@@H]2[C@@H]1C[C@@H]1O[C@]21C. The Hall–Kier alpha value is -2.54. The summed E-state index contributed by atoms with van der Waals surface area (Å²) in [7, 11) is 1.33. The normalized spacial score (nSPS) is 34.7. The van der Waals surface area contributed by atoms with E-state index in [9.17, 15) is 9.59 Å². The summed E-state index contributed by atoms with van der Waals surface area (Å²) < 4.78 is 26.6. The number of benzene rings is 1. The van der Waals surface area contributed by atoms with Gasteiger partial charge in [-0.25, -0.2) is 9.59 Å². The number of carbonyl (C=O) groups is 2. The molecule has 1 aromatic carbocycles. The lowest BCUT2D eigenvalue weighted by Crippen LogP contribution is -2.43. The summed E-state index contributed by atoms with van der Waals surface area (Å²) in [6, 6.07) is 8.62. The predicted molar refractivity (Wildman–Crippen MR) is 83.4 cm³/mol. The van der Waals surface area contributed by atoms with E-state index in [2.05, 4.69) is 0 Å². The second-order valence-electron chi connectivity index (χ2n) is 6.51. The van der Waals surface area contributed by atoms with Crippen molar-refractivity contribution < 1.29 is 33.3 Å². The minimum absolute atomic E-state index is 0.0218. The summed E-state index contributed by atoms with van der Waals surface area (Å²) >= 11 is 0. The number of carbonyl (C=O) groups excluding carboxylic acids is 2. The smallest absolute Gasteiger partial charge is 0.466 e. The molecule has 132 valence electrons. The number of fused-ring (bicyclic) bond motifs is 3. The lowest BCUT2D eigenvalue weighted by atomic mass is 9.82. The molecule has 2 fully saturated rings. The Bertz CT molecular complexity index is 728. The van der Waals surface area contributed by atoms with Crippen molar-refractivity contribution >= 4 is 12.1 Å². The van der Waals surface area contributed by atoms with E-state index in [0.717, 1.165) is 0 Å².